The predicted molar refractivity (Wildman–Crippen MR) is 98.6 cm³/mol. The Bertz CT molecular complexity index is 950. The molecule has 140 valence electrons. The molecule has 0 spiro atoms. The van der Waals surface area contributed by atoms with Crippen LogP contribution >= 0.6 is 11.6 Å². The molecule has 7 heteroatoms. The Morgan fingerprint density at radius 2 is 1.96 bits per heavy atom. The zero-order valence-electron chi connectivity index (χ0n) is 14.8. The minimum atomic E-state index is -0.684. The van der Waals surface area contributed by atoms with Gasteiger partial charge in [0.05, 0.1) is 10.6 Å². The van der Waals surface area contributed by atoms with Crippen molar-refractivity contribution in [1.29, 1.82) is 0 Å². The summed E-state index contributed by atoms with van der Waals surface area (Å²) in [6.45, 7) is 3.69. The number of esters is 1. The van der Waals surface area contributed by atoms with Crippen LogP contribution in [0.5, 0.6) is 5.75 Å². The molecule has 0 amide bonds. The molecule has 3 aromatic rings. The first-order chi connectivity index (χ1) is 13.0. The van der Waals surface area contributed by atoms with Crippen LogP contribution in [0.15, 0.2) is 47.0 Å². The monoisotopic (exact) mass is 389 g/mol. The summed E-state index contributed by atoms with van der Waals surface area (Å²) in [7, 11) is 0. The largest absolute Gasteiger partial charge is 0.490 e. The molecule has 0 saturated heterocycles. The molecule has 0 unspecified atom stereocenters. The van der Waals surface area contributed by atoms with Crippen molar-refractivity contribution >= 4 is 17.6 Å². The normalized spacial score (nSPS) is 10.7. The van der Waals surface area contributed by atoms with Crippen LogP contribution in [0.3, 0.4) is 0 Å². The van der Waals surface area contributed by atoms with Crippen LogP contribution in [-0.4, -0.2) is 24.3 Å². The van der Waals surface area contributed by atoms with E-state index in [0.29, 0.717) is 5.75 Å². The Labute approximate surface area is 160 Å². The highest BCUT2D eigenvalue weighted by atomic mass is 35.5. The van der Waals surface area contributed by atoms with E-state index < -0.39 is 11.8 Å². The molecule has 0 atom stereocenters. The molecule has 1 heterocycles. The Morgan fingerprint density at radius 1 is 1.19 bits per heavy atom. The number of carbonyl (C=O) groups is 1. The van der Waals surface area contributed by atoms with E-state index in [-0.39, 0.29) is 40.8 Å². The molecule has 27 heavy (non-hydrogen) atoms. The predicted octanol–water partition coefficient (Wildman–Crippen LogP) is 4.99. The van der Waals surface area contributed by atoms with E-state index in [4.69, 9.17) is 25.6 Å². The summed E-state index contributed by atoms with van der Waals surface area (Å²) in [4.78, 5) is 12.5. The van der Waals surface area contributed by atoms with Crippen molar-refractivity contribution in [3.8, 4) is 17.0 Å². The second-order valence-corrected chi connectivity index (χ2v) is 6.27. The van der Waals surface area contributed by atoms with Gasteiger partial charge >= 0.3 is 5.97 Å². The van der Waals surface area contributed by atoms with Crippen LogP contribution in [0.4, 0.5) is 4.39 Å². The van der Waals surface area contributed by atoms with Crippen molar-refractivity contribution in [3.05, 3.63) is 70.2 Å². The van der Waals surface area contributed by atoms with Gasteiger partial charge in [0.15, 0.2) is 0 Å². The Balaban J connectivity index is 1.70. The fraction of sp³-hybridized carbons (Fsp3) is 0.200. The summed E-state index contributed by atoms with van der Waals surface area (Å²) in [6, 6.07) is 11.7. The molecule has 0 aliphatic carbocycles. The minimum absolute atomic E-state index is 0.000947. The topological polar surface area (TPSA) is 61.6 Å². The number of hydrogen-bond donors (Lipinski definition) is 0. The molecule has 0 bridgehead atoms. The Kier molecular flexibility index (Phi) is 5.76. The number of carbonyl (C=O) groups excluding carboxylic acids is 1. The van der Waals surface area contributed by atoms with Crippen molar-refractivity contribution in [2.45, 2.75) is 13.8 Å². The molecule has 3 rings (SSSR count). The van der Waals surface area contributed by atoms with Gasteiger partial charge < -0.3 is 14.0 Å². The highest BCUT2D eigenvalue weighted by Gasteiger charge is 2.26. The van der Waals surface area contributed by atoms with E-state index in [0.717, 1.165) is 5.56 Å². The number of halogens is 2. The third-order valence-corrected chi connectivity index (χ3v) is 4.16. The van der Waals surface area contributed by atoms with Gasteiger partial charge in [0.2, 0.25) is 0 Å². The van der Waals surface area contributed by atoms with Crippen molar-refractivity contribution < 1.29 is 23.2 Å². The minimum Gasteiger partial charge on any atom is -0.490 e. The molecule has 0 fully saturated rings. The number of ether oxygens (including phenoxy) is 2. The number of hydrogen-bond acceptors (Lipinski definition) is 5. The highest BCUT2D eigenvalue weighted by Crippen LogP contribution is 2.33. The molecule has 0 aliphatic heterocycles. The van der Waals surface area contributed by atoms with Crippen LogP contribution < -0.4 is 4.74 Å². The van der Waals surface area contributed by atoms with Crippen LogP contribution in [0.1, 0.15) is 21.7 Å². The number of benzene rings is 2. The lowest BCUT2D eigenvalue weighted by Gasteiger charge is -2.09. The molecule has 0 N–H and O–H groups in total. The molecule has 2 aromatic carbocycles. The van der Waals surface area contributed by atoms with E-state index in [1.807, 2.05) is 31.2 Å². The third kappa shape index (κ3) is 4.28. The maximum Gasteiger partial charge on any atom is 0.344 e. The van der Waals surface area contributed by atoms with Crippen LogP contribution in [0.25, 0.3) is 11.3 Å². The molecular formula is C20H17ClFNO4. The van der Waals surface area contributed by atoms with E-state index in [9.17, 15) is 9.18 Å². The smallest absolute Gasteiger partial charge is 0.344 e. The molecular weight excluding hydrogens is 373 g/mol. The molecule has 0 aliphatic rings. The molecule has 0 radical (unpaired) electrons. The first kappa shape index (κ1) is 18.9. The Morgan fingerprint density at radius 3 is 2.70 bits per heavy atom. The van der Waals surface area contributed by atoms with Gasteiger partial charge in [0.1, 0.15) is 41.8 Å². The van der Waals surface area contributed by atoms with Crippen LogP contribution in [0, 0.1) is 19.7 Å². The fourth-order valence-electron chi connectivity index (χ4n) is 2.58. The van der Waals surface area contributed by atoms with Crippen molar-refractivity contribution in [1.82, 2.24) is 5.16 Å². The van der Waals surface area contributed by atoms with E-state index >= 15 is 0 Å². The zero-order valence-corrected chi connectivity index (χ0v) is 15.5. The van der Waals surface area contributed by atoms with Gasteiger partial charge in [0.25, 0.3) is 0 Å². The second-order valence-electron chi connectivity index (χ2n) is 5.86. The van der Waals surface area contributed by atoms with Gasteiger partial charge in [-0.05, 0) is 43.7 Å². The lowest BCUT2D eigenvalue weighted by atomic mass is 10.1. The van der Waals surface area contributed by atoms with Crippen molar-refractivity contribution in [3.63, 3.8) is 0 Å². The average molecular weight is 390 g/mol. The standard InChI is InChI=1S/C20H17ClFNO4/c1-12-5-3-6-14(11-12)25-9-10-26-20(24)17-13(2)27-23-19(17)18-15(21)7-4-8-16(18)22/h3-8,11H,9-10H2,1-2H3. The SMILES string of the molecule is Cc1cccc(OCCOC(=O)c2c(-c3c(F)cccc3Cl)noc2C)c1. The van der Waals surface area contributed by atoms with Gasteiger partial charge in [0, 0.05) is 0 Å². The summed E-state index contributed by atoms with van der Waals surface area (Å²) in [5.74, 6) is -0.386. The quantitative estimate of drug-likeness (QED) is 0.439. The zero-order chi connectivity index (χ0) is 19.4. The number of nitrogens with zero attached hydrogens (tertiary/aromatic N) is 1. The molecule has 1 aromatic heterocycles. The average Bonchev–Trinajstić information content (AvgIpc) is 3.00. The summed E-state index contributed by atoms with van der Waals surface area (Å²) in [6.07, 6.45) is 0. The van der Waals surface area contributed by atoms with Gasteiger partial charge in [-0.25, -0.2) is 9.18 Å². The first-order valence-corrected chi connectivity index (χ1v) is 8.62. The van der Waals surface area contributed by atoms with Gasteiger partial charge in [-0.1, -0.05) is 35.0 Å². The van der Waals surface area contributed by atoms with Crippen molar-refractivity contribution in [2.24, 2.45) is 0 Å². The van der Waals surface area contributed by atoms with Crippen molar-refractivity contribution in [2.75, 3.05) is 13.2 Å². The lowest BCUT2D eigenvalue weighted by molar-refractivity contribution is 0.0449. The number of aryl methyl sites for hydroxylation is 2. The third-order valence-electron chi connectivity index (χ3n) is 3.84. The first-order valence-electron chi connectivity index (χ1n) is 8.24. The van der Waals surface area contributed by atoms with E-state index in [2.05, 4.69) is 5.16 Å². The number of rotatable bonds is 6. The summed E-state index contributed by atoms with van der Waals surface area (Å²) < 4.78 is 30.0. The van der Waals surface area contributed by atoms with E-state index in [1.165, 1.54) is 18.2 Å². The van der Waals surface area contributed by atoms with Crippen LogP contribution in [-0.2, 0) is 4.74 Å². The number of aromatic nitrogens is 1. The summed E-state index contributed by atoms with van der Waals surface area (Å²) in [5, 5.41) is 3.91. The second kappa shape index (κ2) is 8.22. The highest BCUT2D eigenvalue weighted by molar-refractivity contribution is 6.33. The molecule has 5 nitrogen and oxygen atoms in total. The van der Waals surface area contributed by atoms with Gasteiger partial charge in [-0.15, -0.1) is 0 Å². The summed E-state index contributed by atoms with van der Waals surface area (Å²) >= 11 is 6.06. The maximum atomic E-state index is 14.2. The van der Waals surface area contributed by atoms with Gasteiger partial charge in [-0.3, -0.25) is 0 Å². The summed E-state index contributed by atoms with van der Waals surface area (Å²) in [5.41, 5.74) is 1.12. The van der Waals surface area contributed by atoms with Crippen LogP contribution in [0.2, 0.25) is 5.02 Å². The van der Waals surface area contributed by atoms with Gasteiger partial charge in [-0.2, -0.15) is 0 Å². The molecule has 0 saturated carbocycles. The Hall–Kier alpha value is -2.86. The van der Waals surface area contributed by atoms with E-state index in [1.54, 1.807) is 6.92 Å². The maximum absolute atomic E-state index is 14.2. The lowest BCUT2D eigenvalue weighted by Crippen LogP contribution is -2.13. The fourth-order valence-corrected chi connectivity index (χ4v) is 2.83.